The average Bonchev–Trinajstić information content (AvgIpc) is 2.10. The molecule has 0 aromatic heterocycles. The number of carbonyl (C=O) groups is 2. The zero-order valence-corrected chi connectivity index (χ0v) is 11.3. The Balaban J connectivity index is 3.46. The Bertz CT molecular complexity index is 205. The Morgan fingerprint density at radius 1 is 0.938 bits per heavy atom. The van der Waals surface area contributed by atoms with Crippen molar-refractivity contribution in [3.05, 3.63) is 0 Å². The molecule has 6 heteroatoms. The molecule has 16 heavy (non-hydrogen) atoms. The molecule has 4 nitrogen and oxygen atoms in total. The molecule has 0 spiro atoms. The molecule has 0 fully saturated rings. The van der Waals surface area contributed by atoms with Crippen molar-refractivity contribution in [2.75, 3.05) is 0 Å². The van der Waals surface area contributed by atoms with Gasteiger partial charge in [-0.1, -0.05) is 0 Å². The predicted molar refractivity (Wildman–Crippen MR) is 67.5 cm³/mol. The van der Waals surface area contributed by atoms with Gasteiger partial charge in [-0.05, 0) is 26.7 Å². The van der Waals surface area contributed by atoms with Crippen molar-refractivity contribution in [1.29, 1.82) is 0 Å². The van der Waals surface area contributed by atoms with Crippen molar-refractivity contribution in [3.8, 4) is 0 Å². The van der Waals surface area contributed by atoms with Gasteiger partial charge in [0.25, 0.3) is 0 Å². The third-order valence-electron chi connectivity index (χ3n) is 1.62. The lowest BCUT2D eigenvalue weighted by Crippen LogP contribution is -2.11. The molecule has 0 heterocycles. The molecule has 0 rings (SSSR count). The Morgan fingerprint density at radius 3 is 1.50 bits per heavy atom. The summed E-state index contributed by atoms with van der Waals surface area (Å²) in [5, 5.41) is 0. The fourth-order valence-electron chi connectivity index (χ4n) is 1.04. The summed E-state index contributed by atoms with van der Waals surface area (Å²) in [6.07, 6.45) is 1.81. The van der Waals surface area contributed by atoms with Crippen LogP contribution in [0.3, 0.4) is 0 Å². The topological polar surface area (TPSA) is 52.6 Å². The van der Waals surface area contributed by atoms with Crippen molar-refractivity contribution in [2.24, 2.45) is 0 Å². The smallest absolute Gasteiger partial charge is 0.306 e. The Labute approximate surface area is 107 Å². The molecule has 0 saturated carbocycles. The van der Waals surface area contributed by atoms with Gasteiger partial charge in [0.05, 0.1) is 0 Å². The summed E-state index contributed by atoms with van der Waals surface area (Å²) < 4.78 is 9.64. The normalized spacial score (nSPS) is 14.0. The van der Waals surface area contributed by atoms with Gasteiger partial charge in [0.15, 0.2) is 0 Å². The third kappa shape index (κ3) is 10.2. The second-order valence-electron chi connectivity index (χ2n) is 3.39. The summed E-state index contributed by atoms with van der Waals surface area (Å²) in [7, 11) is 0. The van der Waals surface area contributed by atoms with Crippen LogP contribution in [-0.2, 0) is 19.1 Å². The van der Waals surface area contributed by atoms with Crippen LogP contribution < -0.4 is 0 Å². The van der Waals surface area contributed by atoms with Crippen LogP contribution in [0.25, 0.3) is 0 Å². The number of esters is 2. The molecular formula is C10H18O4S2. The van der Waals surface area contributed by atoms with E-state index in [1.807, 2.05) is 0 Å². The van der Waals surface area contributed by atoms with E-state index in [1.54, 1.807) is 13.8 Å². The van der Waals surface area contributed by atoms with Crippen molar-refractivity contribution in [1.82, 2.24) is 0 Å². The lowest BCUT2D eigenvalue weighted by Gasteiger charge is -2.08. The lowest BCUT2D eigenvalue weighted by molar-refractivity contribution is -0.146. The molecule has 0 amide bonds. The van der Waals surface area contributed by atoms with E-state index < -0.39 is 0 Å². The minimum absolute atomic E-state index is 0.293. The second kappa shape index (κ2) is 8.75. The molecule has 0 radical (unpaired) electrons. The minimum Gasteiger partial charge on any atom is -0.452 e. The molecule has 0 saturated heterocycles. The summed E-state index contributed by atoms with van der Waals surface area (Å²) in [6, 6.07) is 0. The first-order valence-electron chi connectivity index (χ1n) is 5.17. The van der Waals surface area contributed by atoms with Gasteiger partial charge in [-0.2, -0.15) is 0 Å². The van der Waals surface area contributed by atoms with Crippen LogP contribution >= 0.6 is 25.3 Å². The van der Waals surface area contributed by atoms with Crippen LogP contribution in [0.5, 0.6) is 0 Å². The highest BCUT2D eigenvalue weighted by Gasteiger charge is 2.08. The number of hydrogen-bond acceptors (Lipinski definition) is 6. The van der Waals surface area contributed by atoms with Crippen molar-refractivity contribution in [3.63, 3.8) is 0 Å². The monoisotopic (exact) mass is 266 g/mol. The van der Waals surface area contributed by atoms with Gasteiger partial charge in [-0.15, -0.1) is 25.3 Å². The first-order chi connectivity index (χ1) is 7.41. The van der Waals surface area contributed by atoms with Gasteiger partial charge in [-0.3, -0.25) is 9.59 Å². The summed E-state index contributed by atoms with van der Waals surface area (Å²) in [5.74, 6) is -0.586. The molecule has 2 atom stereocenters. The molecule has 0 aromatic rings. The van der Waals surface area contributed by atoms with E-state index in [9.17, 15) is 9.59 Å². The molecule has 0 bridgehead atoms. The SMILES string of the molecule is CC(S)OC(=O)CCCCC(=O)OC(C)S. The van der Waals surface area contributed by atoms with E-state index in [0.29, 0.717) is 25.7 Å². The maximum atomic E-state index is 11.1. The van der Waals surface area contributed by atoms with E-state index >= 15 is 0 Å². The van der Waals surface area contributed by atoms with Gasteiger partial charge < -0.3 is 9.47 Å². The maximum absolute atomic E-state index is 11.1. The summed E-state index contributed by atoms with van der Waals surface area (Å²) >= 11 is 7.85. The largest absolute Gasteiger partial charge is 0.452 e. The van der Waals surface area contributed by atoms with E-state index in [-0.39, 0.29) is 22.8 Å². The van der Waals surface area contributed by atoms with Crippen LogP contribution in [0.1, 0.15) is 39.5 Å². The Morgan fingerprint density at radius 2 is 1.25 bits per heavy atom. The van der Waals surface area contributed by atoms with Crippen molar-refractivity contribution in [2.45, 2.75) is 50.4 Å². The Hall–Kier alpha value is -0.360. The number of hydrogen-bond donors (Lipinski definition) is 2. The summed E-state index contributed by atoms with van der Waals surface area (Å²) in [5.41, 5.74) is -0.773. The highest BCUT2D eigenvalue weighted by molar-refractivity contribution is 7.80. The minimum atomic E-state index is -0.387. The van der Waals surface area contributed by atoms with Crippen LogP contribution in [-0.4, -0.2) is 22.8 Å². The molecule has 2 unspecified atom stereocenters. The standard InChI is InChI=1S/C10H18O4S2/c1-7(15)13-9(11)5-3-4-6-10(12)14-8(2)16/h7-8,15-16H,3-6H2,1-2H3. The highest BCUT2D eigenvalue weighted by atomic mass is 32.1. The average molecular weight is 266 g/mol. The molecule has 0 aliphatic carbocycles. The number of carbonyl (C=O) groups excluding carboxylic acids is 2. The highest BCUT2D eigenvalue weighted by Crippen LogP contribution is 2.06. The molecule has 0 aliphatic rings. The molecule has 0 aliphatic heterocycles. The number of ether oxygens (including phenoxy) is 2. The first-order valence-corrected chi connectivity index (χ1v) is 6.20. The molecule has 94 valence electrons. The molecule has 0 N–H and O–H groups in total. The van der Waals surface area contributed by atoms with Gasteiger partial charge in [-0.25, -0.2) is 0 Å². The van der Waals surface area contributed by atoms with E-state index in [1.165, 1.54) is 0 Å². The quantitative estimate of drug-likeness (QED) is 0.321. The molecular weight excluding hydrogens is 248 g/mol. The van der Waals surface area contributed by atoms with Crippen LogP contribution in [0.4, 0.5) is 0 Å². The van der Waals surface area contributed by atoms with Crippen LogP contribution in [0, 0.1) is 0 Å². The summed E-state index contributed by atoms with van der Waals surface area (Å²) in [4.78, 5) is 22.2. The number of unbranched alkanes of at least 4 members (excludes halogenated alkanes) is 1. The maximum Gasteiger partial charge on any atom is 0.306 e. The number of rotatable bonds is 7. The fraction of sp³-hybridized carbons (Fsp3) is 0.800. The van der Waals surface area contributed by atoms with E-state index in [2.05, 4.69) is 25.3 Å². The third-order valence-corrected chi connectivity index (χ3v) is 1.83. The van der Waals surface area contributed by atoms with Crippen molar-refractivity contribution >= 4 is 37.2 Å². The first kappa shape index (κ1) is 15.6. The van der Waals surface area contributed by atoms with Crippen molar-refractivity contribution < 1.29 is 19.1 Å². The number of thiol groups is 2. The van der Waals surface area contributed by atoms with E-state index in [4.69, 9.17) is 9.47 Å². The fourth-order valence-corrected chi connectivity index (χ4v) is 1.27. The van der Waals surface area contributed by atoms with Crippen LogP contribution in [0.15, 0.2) is 0 Å². The summed E-state index contributed by atoms with van der Waals surface area (Å²) in [6.45, 7) is 3.35. The predicted octanol–water partition coefficient (Wildman–Crippen LogP) is 2.18. The van der Waals surface area contributed by atoms with Gasteiger partial charge in [0.1, 0.15) is 10.9 Å². The zero-order chi connectivity index (χ0) is 12.6. The lowest BCUT2D eigenvalue weighted by atomic mass is 10.2. The van der Waals surface area contributed by atoms with Crippen LogP contribution in [0.2, 0.25) is 0 Å². The Kier molecular flexibility index (Phi) is 8.56. The van der Waals surface area contributed by atoms with Gasteiger partial charge in [0.2, 0.25) is 0 Å². The second-order valence-corrected chi connectivity index (χ2v) is 4.84. The van der Waals surface area contributed by atoms with Gasteiger partial charge >= 0.3 is 11.9 Å². The van der Waals surface area contributed by atoms with Gasteiger partial charge in [0, 0.05) is 12.8 Å². The van der Waals surface area contributed by atoms with E-state index in [0.717, 1.165) is 0 Å². The molecule has 0 aromatic carbocycles. The zero-order valence-electron chi connectivity index (χ0n) is 9.51.